The lowest BCUT2D eigenvalue weighted by Crippen LogP contribution is -2.29. The number of hydrogen-bond acceptors (Lipinski definition) is 2. The predicted molar refractivity (Wildman–Crippen MR) is 72.3 cm³/mol. The van der Waals surface area contributed by atoms with Crippen LogP contribution in [0.2, 0.25) is 0 Å². The van der Waals surface area contributed by atoms with Crippen LogP contribution >= 0.6 is 12.4 Å². The van der Waals surface area contributed by atoms with Gasteiger partial charge in [-0.25, -0.2) is 0 Å². The summed E-state index contributed by atoms with van der Waals surface area (Å²) in [6, 6.07) is 3.20. The SMILES string of the molecule is CCc1cc2c(c(C(F)(F)F)c1)CO[C@@H]1CNC[C@H]21.Cl. The summed E-state index contributed by atoms with van der Waals surface area (Å²) in [5, 5.41) is 3.19. The number of hydrogen-bond donors (Lipinski definition) is 1. The molecule has 2 aliphatic rings. The molecule has 0 aromatic heterocycles. The summed E-state index contributed by atoms with van der Waals surface area (Å²) >= 11 is 0. The number of nitrogens with one attached hydrogen (secondary N) is 1. The zero-order chi connectivity index (χ0) is 13.6. The van der Waals surface area contributed by atoms with Crippen molar-refractivity contribution in [2.45, 2.75) is 38.1 Å². The van der Waals surface area contributed by atoms with Crippen molar-refractivity contribution in [2.75, 3.05) is 13.1 Å². The number of ether oxygens (including phenoxy) is 1. The van der Waals surface area contributed by atoms with Gasteiger partial charge in [-0.1, -0.05) is 13.0 Å². The van der Waals surface area contributed by atoms with Crippen LogP contribution in [0.5, 0.6) is 0 Å². The van der Waals surface area contributed by atoms with E-state index in [1.807, 2.05) is 13.0 Å². The van der Waals surface area contributed by atoms with Gasteiger partial charge in [0.2, 0.25) is 0 Å². The van der Waals surface area contributed by atoms with E-state index in [0.717, 1.165) is 17.7 Å². The van der Waals surface area contributed by atoms with E-state index in [-0.39, 0.29) is 31.0 Å². The molecule has 2 nitrogen and oxygen atoms in total. The average Bonchev–Trinajstić information content (AvgIpc) is 2.84. The van der Waals surface area contributed by atoms with Crippen LogP contribution in [0.1, 0.15) is 35.1 Å². The van der Waals surface area contributed by atoms with Gasteiger partial charge in [-0.2, -0.15) is 13.2 Å². The van der Waals surface area contributed by atoms with Crippen LogP contribution in [0.15, 0.2) is 12.1 Å². The van der Waals surface area contributed by atoms with E-state index in [1.165, 1.54) is 6.07 Å². The molecular formula is C14H17ClF3NO. The van der Waals surface area contributed by atoms with Gasteiger partial charge in [0.1, 0.15) is 0 Å². The second-order valence-electron chi connectivity index (χ2n) is 5.18. The summed E-state index contributed by atoms with van der Waals surface area (Å²) in [5.41, 5.74) is 1.38. The first-order valence-electron chi connectivity index (χ1n) is 6.56. The van der Waals surface area contributed by atoms with E-state index in [4.69, 9.17) is 4.74 Å². The van der Waals surface area contributed by atoms with Crippen LogP contribution in [-0.4, -0.2) is 19.2 Å². The van der Waals surface area contributed by atoms with E-state index in [0.29, 0.717) is 18.5 Å². The number of halogens is 4. The number of rotatable bonds is 1. The van der Waals surface area contributed by atoms with Crippen LogP contribution in [0, 0.1) is 0 Å². The highest BCUT2D eigenvalue weighted by Gasteiger charge is 2.41. The number of fused-ring (bicyclic) bond motifs is 3. The second-order valence-corrected chi connectivity index (χ2v) is 5.18. The number of aryl methyl sites for hydroxylation is 1. The lowest BCUT2D eigenvalue weighted by atomic mass is 9.85. The van der Waals surface area contributed by atoms with Gasteiger partial charge in [-0.3, -0.25) is 0 Å². The quantitative estimate of drug-likeness (QED) is 0.860. The highest BCUT2D eigenvalue weighted by molar-refractivity contribution is 5.85. The summed E-state index contributed by atoms with van der Waals surface area (Å²) in [5.74, 6) is 0.0522. The molecule has 2 aliphatic heterocycles. The number of benzene rings is 1. The van der Waals surface area contributed by atoms with E-state index in [2.05, 4.69) is 5.32 Å². The molecule has 1 aromatic carbocycles. The lowest BCUT2D eigenvalue weighted by Gasteiger charge is -2.30. The van der Waals surface area contributed by atoms with Crippen LogP contribution in [0.4, 0.5) is 13.2 Å². The maximum Gasteiger partial charge on any atom is 0.416 e. The van der Waals surface area contributed by atoms with Crippen molar-refractivity contribution >= 4 is 12.4 Å². The monoisotopic (exact) mass is 307 g/mol. The van der Waals surface area contributed by atoms with Crippen molar-refractivity contribution in [1.29, 1.82) is 0 Å². The van der Waals surface area contributed by atoms with E-state index < -0.39 is 11.7 Å². The second kappa shape index (κ2) is 5.54. The highest BCUT2D eigenvalue weighted by Crippen LogP contribution is 2.41. The Morgan fingerprint density at radius 1 is 1.30 bits per heavy atom. The summed E-state index contributed by atoms with van der Waals surface area (Å²) in [6.45, 7) is 3.37. The third kappa shape index (κ3) is 2.54. The molecule has 2 atom stereocenters. The Hall–Kier alpha value is -0.780. The molecule has 0 unspecified atom stereocenters. The fraction of sp³-hybridized carbons (Fsp3) is 0.571. The maximum absolute atomic E-state index is 13.2. The Morgan fingerprint density at radius 2 is 2.05 bits per heavy atom. The van der Waals surface area contributed by atoms with Crippen molar-refractivity contribution in [1.82, 2.24) is 5.32 Å². The van der Waals surface area contributed by atoms with Crippen LogP contribution < -0.4 is 5.32 Å². The summed E-state index contributed by atoms with van der Waals surface area (Å²) < 4.78 is 45.1. The summed E-state index contributed by atoms with van der Waals surface area (Å²) in [6.07, 6.45) is -3.68. The zero-order valence-electron chi connectivity index (χ0n) is 11.1. The Bertz CT molecular complexity index is 504. The minimum atomic E-state index is -4.31. The average molecular weight is 308 g/mol. The van der Waals surface area contributed by atoms with Crippen molar-refractivity contribution in [3.63, 3.8) is 0 Å². The van der Waals surface area contributed by atoms with Crippen molar-refractivity contribution in [2.24, 2.45) is 0 Å². The number of alkyl halides is 3. The zero-order valence-corrected chi connectivity index (χ0v) is 11.9. The van der Waals surface area contributed by atoms with E-state index >= 15 is 0 Å². The molecule has 112 valence electrons. The van der Waals surface area contributed by atoms with Gasteiger partial charge in [-0.15, -0.1) is 12.4 Å². The third-order valence-electron chi connectivity index (χ3n) is 4.06. The van der Waals surface area contributed by atoms with E-state index in [9.17, 15) is 13.2 Å². The first kappa shape index (κ1) is 15.6. The minimum Gasteiger partial charge on any atom is -0.372 e. The molecular weight excluding hydrogens is 291 g/mol. The maximum atomic E-state index is 13.2. The van der Waals surface area contributed by atoms with Crippen LogP contribution in [-0.2, 0) is 23.9 Å². The van der Waals surface area contributed by atoms with Crippen LogP contribution in [0.25, 0.3) is 0 Å². The molecule has 6 heteroatoms. The summed E-state index contributed by atoms with van der Waals surface area (Å²) in [7, 11) is 0. The largest absolute Gasteiger partial charge is 0.416 e. The first-order chi connectivity index (χ1) is 9.00. The predicted octanol–water partition coefficient (Wildman–Crippen LogP) is 3.28. The molecule has 1 saturated heterocycles. The normalized spacial score (nSPS) is 24.8. The Morgan fingerprint density at radius 3 is 2.70 bits per heavy atom. The van der Waals surface area contributed by atoms with Gasteiger partial charge in [0.25, 0.3) is 0 Å². The molecule has 1 aromatic rings. The molecule has 0 spiro atoms. The molecule has 0 bridgehead atoms. The molecule has 3 rings (SSSR count). The molecule has 1 N–H and O–H groups in total. The third-order valence-corrected chi connectivity index (χ3v) is 4.06. The van der Waals surface area contributed by atoms with Gasteiger partial charge >= 0.3 is 6.18 Å². The van der Waals surface area contributed by atoms with Crippen molar-refractivity contribution in [3.05, 3.63) is 34.4 Å². The molecule has 0 saturated carbocycles. The Balaban J connectivity index is 0.00000147. The molecule has 1 fully saturated rings. The molecule has 0 aliphatic carbocycles. The lowest BCUT2D eigenvalue weighted by molar-refractivity contribution is -0.139. The Kier molecular flexibility index (Phi) is 4.33. The van der Waals surface area contributed by atoms with Gasteiger partial charge < -0.3 is 10.1 Å². The molecule has 0 amide bonds. The van der Waals surface area contributed by atoms with Crippen molar-refractivity contribution < 1.29 is 17.9 Å². The van der Waals surface area contributed by atoms with Gasteiger partial charge in [0.05, 0.1) is 18.3 Å². The van der Waals surface area contributed by atoms with Crippen LogP contribution in [0.3, 0.4) is 0 Å². The molecule has 0 radical (unpaired) electrons. The smallest absolute Gasteiger partial charge is 0.372 e. The molecule has 2 heterocycles. The fourth-order valence-electron chi connectivity index (χ4n) is 3.04. The van der Waals surface area contributed by atoms with Crippen molar-refractivity contribution in [3.8, 4) is 0 Å². The minimum absolute atomic E-state index is 0. The molecule has 20 heavy (non-hydrogen) atoms. The standard InChI is InChI=1S/C14H16F3NO.ClH/c1-2-8-3-9-10-5-18-6-13(10)19-7-11(9)12(4-8)14(15,16)17;/h3-4,10,13,18H,2,5-7H2,1H3;1H/t10-,13-;/m1./s1. The van der Waals surface area contributed by atoms with Gasteiger partial charge in [0.15, 0.2) is 0 Å². The van der Waals surface area contributed by atoms with Gasteiger partial charge in [0, 0.05) is 19.0 Å². The topological polar surface area (TPSA) is 21.3 Å². The Labute approximate surface area is 122 Å². The van der Waals surface area contributed by atoms with E-state index in [1.54, 1.807) is 0 Å². The fourth-order valence-corrected chi connectivity index (χ4v) is 3.04. The highest BCUT2D eigenvalue weighted by atomic mass is 35.5. The summed E-state index contributed by atoms with van der Waals surface area (Å²) in [4.78, 5) is 0. The van der Waals surface area contributed by atoms with Gasteiger partial charge in [-0.05, 0) is 29.2 Å². The first-order valence-corrected chi connectivity index (χ1v) is 6.56.